The van der Waals surface area contributed by atoms with E-state index in [4.69, 9.17) is 11.6 Å². The van der Waals surface area contributed by atoms with Crippen molar-refractivity contribution in [3.63, 3.8) is 0 Å². The number of aliphatic hydroxyl groups excluding tert-OH is 1. The highest BCUT2D eigenvalue weighted by atomic mass is 35.5. The molecule has 0 heterocycles. The molecular weight excluding hydrogens is 327 g/mol. The van der Waals surface area contributed by atoms with Crippen LogP contribution in [0.4, 0.5) is 10.1 Å². The van der Waals surface area contributed by atoms with E-state index in [9.17, 15) is 24.4 Å². The van der Waals surface area contributed by atoms with E-state index < -0.39 is 22.8 Å². The predicted octanol–water partition coefficient (Wildman–Crippen LogP) is 2.85. The minimum absolute atomic E-state index is 0.0494. The molecule has 2 N–H and O–H groups in total. The average Bonchev–Trinajstić information content (AvgIpc) is 2.52. The third-order valence-electron chi connectivity index (χ3n) is 3.09. The lowest BCUT2D eigenvalue weighted by atomic mass is 10.1. The maximum absolute atomic E-state index is 13.1. The van der Waals surface area contributed by atoms with Crippen LogP contribution >= 0.6 is 11.6 Å². The maximum Gasteiger partial charge on any atom is 0.270 e. The molecule has 1 amide bonds. The second-order valence-corrected chi connectivity index (χ2v) is 5.11. The van der Waals surface area contributed by atoms with Gasteiger partial charge in [-0.1, -0.05) is 23.7 Å². The van der Waals surface area contributed by atoms with Crippen molar-refractivity contribution in [2.24, 2.45) is 0 Å². The molecule has 0 unspecified atom stereocenters. The number of benzene rings is 2. The average molecular weight is 339 g/mol. The van der Waals surface area contributed by atoms with Crippen LogP contribution in [-0.4, -0.2) is 22.5 Å². The molecule has 120 valence electrons. The first-order valence-electron chi connectivity index (χ1n) is 6.54. The molecular formula is C15H12ClFN2O4. The van der Waals surface area contributed by atoms with E-state index in [1.165, 1.54) is 30.3 Å². The number of aliphatic hydroxyl groups is 1. The highest BCUT2D eigenvalue weighted by Crippen LogP contribution is 2.22. The van der Waals surface area contributed by atoms with Gasteiger partial charge in [0, 0.05) is 18.7 Å². The molecule has 1 atom stereocenters. The first kappa shape index (κ1) is 16.9. The van der Waals surface area contributed by atoms with E-state index in [0.29, 0.717) is 5.56 Å². The molecule has 8 heteroatoms. The normalized spacial score (nSPS) is 11.8. The Balaban J connectivity index is 2.07. The number of hydrogen-bond acceptors (Lipinski definition) is 4. The molecule has 0 aliphatic rings. The molecule has 0 aromatic heterocycles. The van der Waals surface area contributed by atoms with Gasteiger partial charge in [0.15, 0.2) is 0 Å². The van der Waals surface area contributed by atoms with Gasteiger partial charge in [-0.25, -0.2) is 4.39 Å². The van der Waals surface area contributed by atoms with Gasteiger partial charge in [-0.15, -0.1) is 0 Å². The molecule has 0 saturated heterocycles. The van der Waals surface area contributed by atoms with Crippen LogP contribution in [0, 0.1) is 15.9 Å². The van der Waals surface area contributed by atoms with Gasteiger partial charge in [-0.05, 0) is 23.8 Å². The number of halogens is 2. The number of amides is 1. The summed E-state index contributed by atoms with van der Waals surface area (Å²) in [6.07, 6.45) is -1.12. The van der Waals surface area contributed by atoms with Gasteiger partial charge < -0.3 is 10.4 Å². The molecule has 0 aliphatic heterocycles. The number of nitrogens with one attached hydrogen (secondary N) is 1. The largest absolute Gasteiger partial charge is 0.387 e. The molecule has 23 heavy (non-hydrogen) atoms. The maximum atomic E-state index is 13.1. The number of nitro benzene ring substituents is 1. The first-order valence-corrected chi connectivity index (χ1v) is 6.92. The topological polar surface area (TPSA) is 92.5 Å². The summed E-state index contributed by atoms with van der Waals surface area (Å²) in [5, 5.41) is 23.1. The fourth-order valence-corrected chi connectivity index (χ4v) is 2.12. The van der Waals surface area contributed by atoms with Crippen LogP contribution < -0.4 is 5.32 Å². The smallest absolute Gasteiger partial charge is 0.270 e. The molecule has 0 spiro atoms. The fraction of sp³-hybridized carbons (Fsp3) is 0.133. The van der Waals surface area contributed by atoms with Crippen molar-refractivity contribution >= 4 is 23.2 Å². The molecule has 0 radical (unpaired) electrons. The van der Waals surface area contributed by atoms with Gasteiger partial charge >= 0.3 is 0 Å². The lowest BCUT2D eigenvalue weighted by Crippen LogP contribution is -2.28. The van der Waals surface area contributed by atoms with Crippen molar-refractivity contribution < 1.29 is 19.2 Å². The summed E-state index contributed by atoms with van der Waals surface area (Å²) in [6, 6.07) is 8.81. The molecule has 2 rings (SSSR count). The summed E-state index contributed by atoms with van der Waals surface area (Å²) in [5.74, 6) is -1.18. The van der Waals surface area contributed by atoms with E-state index in [1.807, 2.05) is 0 Å². The van der Waals surface area contributed by atoms with E-state index in [-0.39, 0.29) is 22.8 Å². The van der Waals surface area contributed by atoms with Gasteiger partial charge in [0.2, 0.25) is 0 Å². The number of carbonyl (C=O) groups excluding carboxylic acids is 1. The molecule has 2 aromatic rings. The predicted molar refractivity (Wildman–Crippen MR) is 81.8 cm³/mol. The number of nitrogens with zero attached hydrogens (tertiary/aromatic N) is 1. The molecule has 6 nitrogen and oxygen atoms in total. The minimum Gasteiger partial charge on any atom is -0.387 e. The lowest BCUT2D eigenvalue weighted by Gasteiger charge is -2.13. The van der Waals surface area contributed by atoms with Crippen LogP contribution in [0.15, 0.2) is 42.5 Å². The highest BCUT2D eigenvalue weighted by molar-refractivity contribution is 6.33. The van der Waals surface area contributed by atoms with Crippen molar-refractivity contribution in [2.75, 3.05) is 6.54 Å². The minimum atomic E-state index is -1.12. The van der Waals surface area contributed by atoms with E-state index in [1.54, 1.807) is 0 Å². The number of non-ortho nitro benzene ring substituents is 1. The summed E-state index contributed by atoms with van der Waals surface area (Å²) >= 11 is 5.85. The van der Waals surface area contributed by atoms with E-state index >= 15 is 0 Å². The first-order chi connectivity index (χ1) is 10.9. The second-order valence-electron chi connectivity index (χ2n) is 4.70. The standard InChI is InChI=1S/C15H12ClFN2O4/c16-13-5-4-11(19(22)23)7-12(13)15(21)18-8-14(20)9-2-1-3-10(17)6-9/h1-7,14,20H,8H2,(H,18,21)/t14-/m0/s1. The third-order valence-corrected chi connectivity index (χ3v) is 3.42. The molecule has 0 fully saturated rings. The van der Waals surface area contributed by atoms with Crippen molar-refractivity contribution in [2.45, 2.75) is 6.10 Å². The Morgan fingerprint density at radius 1 is 1.35 bits per heavy atom. The van der Waals surface area contributed by atoms with Gasteiger partial charge in [0.1, 0.15) is 5.82 Å². The SMILES string of the molecule is O=C(NC[C@H](O)c1cccc(F)c1)c1cc([N+](=O)[O-])ccc1Cl. The quantitative estimate of drug-likeness (QED) is 0.647. The Labute approximate surface area is 135 Å². The lowest BCUT2D eigenvalue weighted by molar-refractivity contribution is -0.384. The Morgan fingerprint density at radius 2 is 2.09 bits per heavy atom. The van der Waals surface area contributed by atoms with E-state index in [2.05, 4.69) is 5.32 Å². The molecule has 2 aromatic carbocycles. The van der Waals surface area contributed by atoms with Crippen molar-refractivity contribution in [3.05, 3.63) is 74.5 Å². The summed E-state index contributed by atoms with van der Waals surface area (Å²) < 4.78 is 13.1. The van der Waals surface area contributed by atoms with Crippen molar-refractivity contribution in [3.8, 4) is 0 Å². The highest BCUT2D eigenvalue weighted by Gasteiger charge is 2.17. The fourth-order valence-electron chi connectivity index (χ4n) is 1.92. The van der Waals surface area contributed by atoms with Crippen molar-refractivity contribution in [1.29, 1.82) is 0 Å². The van der Waals surface area contributed by atoms with Crippen LogP contribution in [0.5, 0.6) is 0 Å². The Kier molecular flexibility index (Phi) is 5.25. The zero-order valence-electron chi connectivity index (χ0n) is 11.7. The van der Waals surface area contributed by atoms with Crippen LogP contribution in [0.3, 0.4) is 0 Å². The summed E-state index contributed by atoms with van der Waals surface area (Å²) in [7, 11) is 0. The zero-order valence-corrected chi connectivity index (χ0v) is 12.5. The van der Waals surface area contributed by atoms with Gasteiger partial charge in [0.25, 0.3) is 11.6 Å². The van der Waals surface area contributed by atoms with Crippen LogP contribution in [-0.2, 0) is 0 Å². The van der Waals surface area contributed by atoms with Crippen molar-refractivity contribution in [1.82, 2.24) is 5.32 Å². The van der Waals surface area contributed by atoms with Gasteiger partial charge in [-0.2, -0.15) is 0 Å². The van der Waals surface area contributed by atoms with Crippen LogP contribution in [0.2, 0.25) is 5.02 Å². The number of hydrogen-bond donors (Lipinski definition) is 2. The van der Waals surface area contributed by atoms with Crippen LogP contribution in [0.25, 0.3) is 0 Å². The third kappa shape index (κ3) is 4.24. The number of nitro groups is 1. The Morgan fingerprint density at radius 3 is 2.74 bits per heavy atom. The zero-order chi connectivity index (χ0) is 17.0. The Bertz CT molecular complexity index is 754. The van der Waals surface area contributed by atoms with E-state index in [0.717, 1.165) is 12.1 Å². The summed E-state index contributed by atoms with van der Waals surface area (Å²) in [6.45, 7) is -0.193. The molecule has 0 aliphatic carbocycles. The molecule has 0 bridgehead atoms. The number of carbonyl (C=O) groups is 1. The summed E-state index contributed by atoms with van der Waals surface area (Å²) in [4.78, 5) is 22.1. The van der Waals surface area contributed by atoms with Crippen LogP contribution in [0.1, 0.15) is 22.0 Å². The summed E-state index contributed by atoms with van der Waals surface area (Å²) in [5.41, 5.74) is -0.0482. The van der Waals surface area contributed by atoms with Gasteiger partial charge in [0.05, 0.1) is 21.6 Å². The second kappa shape index (κ2) is 7.17. The Hall–Kier alpha value is -2.51. The monoisotopic (exact) mass is 338 g/mol. The number of rotatable bonds is 5. The molecule has 0 saturated carbocycles. The van der Waals surface area contributed by atoms with Gasteiger partial charge in [-0.3, -0.25) is 14.9 Å².